The lowest BCUT2D eigenvalue weighted by molar-refractivity contribution is -0.155. The molecule has 0 aromatic heterocycles. The molecule has 1 atom stereocenters. The second kappa shape index (κ2) is 5.85. The van der Waals surface area contributed by atoms with E-state index in [2.05, 4.69) is 5.32 Å². The average Bonchev–Trinajstić information content (AvgIpc) is 2.01. The fraction of sp³-hybridized carbons (Fsp3) is 0.818. The Morgan fingerprint density at radius 1 is 1.33 bits per heavy atom. The monoisotopic (exact) mass is 215 g/mol. The first kappa shape index (κ1) is 14.1. The molecule has 0 aromatic rings. The fourth-order valence-electron chi connectivity index (χ4n) is 1.21. The molecule has 0 radical (unpaired) electrons. The van der Waals surface area contributed by atoms with Crippen LogP contribution in [0.4, 0.5) is 0 Å². The molecule has 0 heterocycles. The fourth-order valence-corrected chi connectivity index (χ4v) is 1.21. The highest BCUT2D eigenvalue weighted by molar-refractivity contribution is 5.82. The average molecular weight is 215 g/mol. The lowest BCUT2D eigenvalue weighted by atomic mass is 10.1. The van der Waals surface area contributed by atoms with Gasteiger partial charge in [-0.05, 0) is 41.2 Å². The zero-order valence-corrected chi connectivity index (χ0v) is 10.2. The van der Waals surface area contributed by atoms with Crippen LogP contribution < -0.4 is 5.32 Å². The van der Waals surface area contributed by atoms with Crippen molar-refractivity contribution >= 4 is 11.8 Å². The summed E-state index contributed by atoms with van der Waals surface area (Å²) < 4.78 is 5.13. The molecule has 1 N–H and O–H groups in total. The minimum Gasteiger partial charge on any atom is -0.460 e. The lowest BCUT2D eigenvalue weighted by Gasteiger charge is -2.20. The third-order valence-corrected chi connectivity index (χ3v) is 1.90. The topological polar surface area (TPSA) is 55.4 Å². The third kappa shape index (κ3) is 7.08. The number of carbonyl (C=O) groups is 2. The van der Waals surface area contributed by atoms with Crippen LogP contribution in [0.1, 0.15) is 40.5 Å². The van der Waals surface area contributed by atoms with Crippen molar-refractivity contribution in [3.63, 3.8) is 0 Å². The predicted molar refractivity (Wildman–Crippen MR) is 58.6 cm³/mol. The number of ether oxygens (including phenoxy) is 1. The van der Waals surface area contributed by atoms with Crippen molar-refractivity contribution in [3.8, 4) is 0 Å². The number of hydrogen-bond donors (Lipinski definition) is 1. The first-order chi connectivity index (χ1) is 6.76. The molecule has 15 heavy (non-hydrogen) atoms. The molecule has 0 bridgehead atoms. The molecule has 0 rings (SSSR count). The van der Waals surface area contributed by atoms with Gasteiger partial charge in [-0.2, -0.15) is 0 Å². The van der Waals surface area contributed by atoms with Crippen molar-refractivity contribution in [1.29, 1.82) is 0 Å². The van der Waals surface area contributed by atoms with Crippen molar-refractivity contribution in [2.45, 2.75) is 52.2 Å². The van der Waals surface area contributed by atoms with E-state index < -0.39 is 5.60 Å². The second-order valence-corrected chi connectivity index (χ2v) is 4.58. The molecule has 0 aliphatic carbocycles. The van der Waals surface area contributed by atoms with E-state index in [1.807, 2.05) is 20.8 Å². The van der Waals surface area contributed by atoms with E-state index in [0.717, 1.165) is 0 Å². The molecule has 0 aliphatic heterocycles. The van der Waals surface area contributed by atoms with E-state index in [0.29, 0.717) is 6.42 Å². The summed E-state index contributed by atoms with van der Waals surface area (Å²) >= 11 is 0. The van der Waals surface area contributed by atoms with Crippen molar-refractivity contribution < 1.29 is 14.3 Å². The number of hydrogen-bond acceptors (Lipinski definition) is 4. The van der Waals surface area contributed by atoms with E-state index in [4.69, 9.17) is 4.74 Å². The van der Waals surface area contributed by atoms with Gasteiger partial charge < -0.3 is 10.1 Å². The molecular formula is C11H21NO3. The number of esters is 1. The van der Waals surface area contributed by atoms with E-state index in [1.54, 1.807) is 7.05 Å². The van der Waals surface area contributed by atoms with Gasteiger partial charge in [-0.15, -0.1) is 0 Å². The highest BCUT2D eigenvalue weighted by atomic mass is 16.6. The maximum atomic E-state index is 11.3. The van der Waals surface area contributed by atoms with Crippen LogP contribution in [0.3, 0.4) is 0 Å². The van der Waals surface area contributed by atoms with Crippen molar-refractivity contribution in [2.24, 2.45) is 0 Å². The number of nitrogens with one attached hydrogen (secondary N) is 1. The number of Topliss-reactive ketones (excluding diaryl/α,β-unsaturated/α-hetero) is 1. The van der Waals surface area contributed by atoms with Gasteiger partial charge in [0.1, 0.15) is 11.4 Å². The zero-order chi connectivity index (χ0) is 12.1. The molecule has 0 saturated heterocycles. The van der Waals surface area contributed by atoms with E-state index >= 15 is 0 Å². The van der Waals surface area contributed by atoms with Gasteiger partial charge in [-0.1, -0.05) is 0 Å². The molecule has 0 amide bonds. The van der Waals surface area contributed by atoms with E-state index in [1.165, 1.54) is 6.92 Å². The summed E-state index contributed by atoms with van der Waals surface area (Å²) in [6.07, 6.45) is 0.753. The zero-order valence-electron chi connectivity index (χ0n) is 10.2. The summed E-state index contributed by atoms with van der Waals surface area (Å²) in [6.45, 7) is 6.98. The van der Waals surface area contributed by atoms with Crippen LogP contribution in [0.25, 0.3) is 0 Å². The Kier molecular flexibility index (Phi) is 5.50. The van der Waals surface area contributed by atoms with Gasteiger partial charge in [-0.3, -0.25) is 9.59 Å². The summed E-state index contributed by atoms with van der Waals surface area (Å²) in [5, 5.41) is 2.86. The van der Waals surface area contributed by atoms with Crippen LogP contribution in [0.2, 0.25) is 0 Å². The Bertz CT molecular complexity index is 230. The van der Waals surface area contributed by atoms with Crippen molar-refractivity contribution in [3.05, 3.63) is 0 Å². The van der Waals surface area contributed by atoms with E-state index in [9.17, 15) is 9.59 Å². The maximum absolute atomic E-state index is 11.3. The standard InChI is InChI=1S/C11H21NO3/c1-8(13)9(12-5)6-7-10(14)15-11(2,3)4/h9,12H,6-7H2,1-5H3/t9-/m0/s1. The highest BCUT2D eigenvalue weighted by Crippen LogP contribution is 2.10. The summed E-state index contributed by atoms with van der Waals surface area (Å²) in [5.74, 6) is -0.218. The Labute approximate surface area is 91.4 Å². The first-order valence-electron chi connectivity index (χ1n) is 5.16. The molecule has 0 spiro atoms. The SMILES string of the molecule is CN[C@@H](CCC(=O)OC(C)(C)C)C(C)=O. The van der Waals surface area contributed by atoms with Gasteiger partial charge in [0.25, 0.3) is 0 Å². The van der Waals surface area contributed by atoms with Crippen LogP contribution in [-0.4, -0.2) is 30.4 Å². The van der Waals surface area contributed by atoms with Crippen LogP contribution in [0.5, 0.6) is 0 Å². The third-order valence-electron chi connectivity index (χ3n) is 1.90. The highest BCUT2D eigenvalue weighted by Gasteiger charge is 2.18. The summed E-state index contributed by atoms with van der Waals surface area (Å²) in [5.41, 5.74) is -0.456. The molecule has 4 heteroatoms. The lowest BCUT2D eigenvalue weighted by Crippen LogP contribution is -2.33. The van der Waals surface area contributed by atoms with Gasteiger partial charge in [-0.25, -0.2) is 0 Å². The van der Waals surface area contributed by atoms with Crippen molar-refractivity contribution in [1.82, 2.24) is 5.32 Å². The molecule has 88 valence electrons. The van der Waals surface area contributed by atoms with Crippen molar-refractivity contribution in [2.75, 3.05) is 7.05 Å². The summed E-state index contributed by atoms with van der Waals surface area (Å²) in [7, 11) is 1.71. The molecule has 0 saturated carbocycles. The summed E-state index contributed by atoms with van der Waals surface area (Å²) in [4.78, 5) is 22.4. The summed E-state index contributed by atoms with van der Waals surface area (Å²) in [6, 6.07) is -0.252. The molecule has 0 aliphatic rings. The van der Waals surface area contributed by atoms with Gasteiger partial charge >= 0.3 is 5.97 Å². The number of ketones is 1. The second-order valence-electron chi connectivity index (χ2n) is 4.58. The Morgan fingerprint density at radius 2 is 1.87 bits per heavy atom. The van der Waals surface area contributed by atoms with Gasteiger partial charge in [0.15, 0.2) is 0 Å². The van der Waals surface area contributed by atoms with E-state index in [-0.39, 0.29) is 24.2 Å². The molecule has 0 fully saturated rings. The quantitative estimate of drug-likeness (QED) is 0.702. The molecule has 0 aromatic carbocycles. The van der Waals surface area contributed by atoms with Gasteiger partial charge in [0, 0.05) is 6.42 Å². The Hall–Kier alpha value is -0.900. The minimum atomic E-state index is -0.456. The Balaban J connectivity index is 3.94. The first-order valence-corrected chi connectivity index (χ1v) is 5.16. The largest absolute Gasteiger partial charge is 0.460 e. The smallest absolute Gasteiger partial charge is 0.306 e. The van der Waals surface area contributed by atoms with Crippen LogP contribution in [0.15, 0.2) is 0 Å². The van der Waals surface area contributed by atoms with Gasteiger partial charge in [0.05, 0.1) is 6.04 Å². The number of likely N-dealkylation sites (N-methyl/N-ethyl adjacent to an activating group) is 1. The Morgan fingerprint density at radius 3 is 2.20 bits per heavy atom. The maximum Gasteiger partial charge on any atom is 0.306 e. The molecular weight excluding hydrogens is 194 g/mol. The molecule has 0 unspecified atom stereocenters. The van der Waals surface area contributed by atoms with Crippen LogP contribution in [-0.2, 0) is 14.3 Å². The molecule has 4 nitrogen and oxygen atoms in total. The van der Waals surface area contributed by atoms with Gasteiger partial charge in [0.2, 0.25) is 0 Å². The van der Waals surface area contributed by atoms with Crippen LogP contribution >= 0.6 is 0 Å². The normalized spacial score (nSPS) is 13.4. The number of rotatable bonds is 5. The van der Waals surface area contributed by atoms with Crippen LogP contribution in [0, 0.1) is 0 Å². The predicted octanol–water partition coefficient (Wildman–Crippen LogP) is 1.29. The number of carbonyl (C=O) groups excluding carboxylic acids is 2. The minimum absolute atomic E-state index is 0.0426.